The molecule has 0 fully saturated rings. The van der Waals surface area contributed by atoms with Gasteiger partial charge in [0.2, 0.25) is 6.41 Å². The predicted octanol–water partition coefficient (Wildman–Crippen LogP) is 5.32. The van der Waals surface area contributed by atoms with E-state index in [0.29, 0.717) is 56.5 Å². The molecule has 1 unspecified atom stereocenters. The molecule has 0 bridgehead atoms. The first kappa shape index (κ1) is 41.4. The van der Waals surface area contributed by atoms with Gasteiger partial charge >= 0.3 is 0 Å². The molecule has 1 atom stereocenters. The number of amides is 1. The standard InChI is InChI=1S/C22H29N5O3.C15H19FN4O/c1-3-21(29-4-2)30-10-9-25-13-18(12-23)17-11-20(22(24)26-14-17)16-5-7-19(8-6-16)27-15-28;1-13(10-21)8-20(12-19(3)18-11-17-2)9-14-4-6-15(16)7-5-14/h5-8,11-15,21H,3-4,9-10,23H2,1-2H3,(H2,24,26)(H,27,28);4-8,10-11H,2,9,12H2,1,3H3/b18-12+,25-13?;13-8-,18-11-. The van der Waals surface area contributed by atoms with Crippen molar-refractivity contribution in [3.05, 3.63) is 95.7 Å². The van der Waals surface area contributed by atoms with Crippen LogP contribution in [0.25, 0.3) is 16.7 Å². The quantitative estimate of drug-likeness (QED) is 0.0268. The van der Waals surface area contributed by atoms with Gasteiger partial charge in [0.05, 0.1) is 13.2 Å². The Bertz CT molecular complexity index is 1630. The van der Waals surface area contributed by atoms with Crippen molar-refractivity contribution in [3.63, 3.8) is 0 Å². The average molecular weight is 702 g/mol. The number of aldehydes is 1. The van der Waals surface area contributed by atoms with Crippen LogP contribution in [-0.2, 0) is 25.6 Å². The van der Waals surface area contributed by atoms with Crippen LogP contribution in [0.15, 0.2) is 93.9 Å². The van der Waals surface area contributed by atoms with E-state index in [4.69, 9.17) is 20.9 Å². The van der Waals surface area contributed by atoms with Crippen LogP contribution in [-0.4, -0.2) is 86.6 Å². The number of benzene rings is 2. The van der Waals surface area contributed by atoms with Gasteiger partial charge < -0.3 is 31.2 Å². The normalized spacial score (nSPS) is 12.3. The number of carbonyl (C=O) groups is 2. The Balaban J connectivity index is 0.000000377. The Morgan fingerprint density at radius 3 is 2.45 bits per heavy atom. The number of aromatic nitrogens is 1. The monoisotopic (exact) mass is 701 g/mol. The maximum absolute atomic E-state index is 12.9. The molecular weight excluding hydrogens is 653 g/mol. The fraction of sp³-hybridized carbons (Fsp3) is 0.297. The van der Waals surface area contributed by atoms with Crippen LogP contribution in [0.1, 0.15) is 38.3 Å². The summed E-state index contributed by atoms with van der Waals surface area (Å²) in [4.78, 5) is 35.5. The third-order valence-electron chi connectivity index (χ3n) is 6.88. The van der Waals surface area contributed by atoms with Crippen molar-refractivity contribution in [3.8, 4) is 11.1 Å². The molecule has 0 aliphatic heterocycles. The lowest BCUT2D eigenvalue weighted by atomic mass is 10.0. The van der Waals surface area contributed by atoms with Crippen molar-refractivity contribution in [1.29, 1.82) is 0 Å². The zero-order chi connectivity index (χ0) is 37.4. The minimum atomic E-state index is -0.274. The second kappa shape index (κ2) is 23.6. The maximum Gasteiger partial charge on any atom is 0.211 e. The Morgan fingerprint density at radius 1 is 1.12 bits per heavy atom. The summed E-state index contributed by atoms with van der Waals surface area (Å²) < 4.78 is 24.0. The Labute approximate surface area is 299 Å². The molecule has 3 aromatic rings. The molecule has 13 nitrogen and oxygen atoms in total. The molecule has 1 aromatic heterocycles. The SMILES string of the molecule is C=N/C=N\N(C)CN(/C=C(/C)C=O)Cc1ccc(F)cc1.CCOC(CC)OCCN=C/C(=C\N)c1cnc(N)c(-c2ccc(NC=O)cc2)c1. The summed E-state index contributed by atoms with van der Waals surface area (Å²) in [7, 11) is 1.78. The van der Waals surface area contributed by atoms with Gasteiger partial charge in [-0.05, 0) is 68.4 Å². The van der Waals surface area contributed by atoms with Crippen LogP contribution in [0.5, 0.6) is 0 Å². The predicted molar refractivity (Wildman–Crippen MR) is 203 cm³/mol. The van der Waals surface area contributed by atoms with Crippen molar-refractivity contribution >= 4 is 49.0 Å². The highest BCUT2D eigenvalue weighted by molar-refractivity contribution is 6.10. The fourth-order valence-corrected chi connectivity index (χ4v) is 4.47. The highest BCUT2D eigenvalue weighted by Crippen LogP contribution is 2.28. The number of nitrogens with zero attached hydrogens (tertiary/aromatic N) is 6. The van der Waals surface area contributed by atoms with E-state index in [-0.39, 0.29) is 12.1 Å². The van der Waals surface area contributed by atoms with Crippen molar-refractivity contribution in [2.75, 3.05) is 44.5 Å². The van der Waals surface area contributed by atoms with Crippen molar-refractivity contribution in [2.45, 2.75) is 40.0 Å². The number of hydrogen-bond acceptors (Lipinski definition) is 11. The van der Waals surface area contributed by atoms with Crippen LogP contribution in [0.3, 0.4) is 0 Å². The van der Waals surface area contributed by atoms with E-state index in [0.717, 1.165) is 40.5 Å². The van der Waals surface area contributed by atoms with E-state index in [2.05, 4.69) is 32.1 Å². The van der Waals surface area contributed by atoms with E-state index in [1.54, 1.807) is 61.9 Å². The van der Waals surface area contributed by atoms with E-state index in [9.17, 15) is 14.0 Å². The number of nitrogens with one attached hydrogen (secondary N) is 1. The number of halogens is 1. The van der Waals surface area contributed by atoms with E-state index < -0.39 is 0 Å². The number of pyridine rings is 1. The number of allylic oxidation sites excluding steroid dienone is 2. The number of nitrogens with two attached hydrogens (primary N) is 2. The number of aliphatic imine (C=N–C) groups is 2. The summed E-state index contributed by atoms with van der Waals surface area (Å²) in [6, 6.07) is 15.5. The lowest BCUT2D eigenvalue weighted by Crippen LogP contribution is -2.29. The average Bonchev–Trinajstić information content (AvgIpc) is 3.13. The summed E-state index contributed by atoms with van der Waals surface area (Å²) >= 11 is 0. The first-order valence-electron chi connectivity index (χ1n) is 16.2. The maximum atomic E-state index is 12.9. The van der Waals surface area contributed by atoms with Crippen LogP contribution in [0.2, 0.25) is 0 Å². The molecule has 1 heterocycles. The number of nitrogen functional groups attached to an aromatic ring is 1. The number of hydrogen-bond donors (Lipinski definition) is 3. The molecule has 0 spiro atoms. The second-order valence-electron chi connectivity index (χ2n) is 10.9. The Morgan fingerprint density at radius 2 is 1.84 bits per heavy atom. The molecule has 0 radical (unpaired) electrons. The minimum Gasteiger partial charge on any atom is -0.404 e. The Hall–Kier alpha value is -5.73. The molecule has 0 aliphatic rings. The number of anilines is 2. The van der Waals surface area contributed by atoms with Gasteiger partial charge in [0.1, 0.15) is 30.9 Å². The summed E-state index contributed by atoms with van der Waals surface area (Å²) in [6.45, 7) is 11.5. The molecule has 0 saturated carbocycles. The topological polar surface area (TPSA) is 173 Å². The summed E-state index contributed by atoms with van der Waals surface area (Å²) in [5.41, 5.74) is 17.3. The molecule has 2 aromatic carbocycles. The number of rotatable bonds is 20. The highest BCUT2D eigenvalue weighted by Gasteiger charge is 2.09. The van der Waals surface area contributed by atoms with Gasteiger partial charge in [0.25, 0.3) is 0 Å². The number of hydrazone groups is 1. The number of ether oxygens (including phenoxy) is 2. The summed E-state index contributed by atoms with van der Waals surface area (Å²) in [5, 5.41) is 8.29. The molecular formula is C37H48FN9O4. The van der Waals surface area contributed by atoms with E-state index in [1.807, 2.05) is 36.9 Å². The van der Waals surface area contributed by atoms with Gasteiger partial charge in [-0.25, -0.2) is 9.37 Å². The Kier molecular flexibility index (Phi) is 19.2. The van der Waals surface area contributed by atoms with Gasteiger partial charge in [-0.1, -0.05) is 31.2 Å². The van der Waals surface area contributed by atoms with Gasteiger partial charge in [0.15, 0.2) is 6.29 Å². The molecule has 5 N–H and O–H groups in total. The van der Waals surface area contributed by atoms with Crippen LogP contribution < -0.4 is 16.8 Å². The van der Waals surface area contributed by atoms with Crippen LogP contribution in [0, 0.1) is 5.82 Å². The lowest BCUT2D eigenvalue weighted by Gasteiger charge is -2.25. The summed E-state index contributed by atoms with van der Waals surface area (Å²) in [5.74, 6) is 0.127. The first-order chi connectivity index (χ1) is 24.7. The van der Waals surface area contributed by atoms with Gasteiger partial charge in [-0.15, -0.1) is 0 Å². The van der Waals surface area contributed by atoms with E-state index >= 15 is 0 Å². The van der Waals surface area contributed by atoms with E-state index in [1.165, 1.54) is 24.7 Å². The van der Waals surface area contributed by atoms with Gasteiger partial charge in [0, 0.05) is 73.0 Å². The third kappa shape index (κ3) is 15.6. The molecule has 0 saturated heterocycles. The van der Waals surface area contributed by atoms with Crippen molar-refractivity contribution in [1.82, 2.24) is 14.9 Å². The first-order valence-corrected chi connectivity index (χ1v) is 16.2. The van der Waals surface area contributed by atoms with Gasteiger partial charge in [-0.3, -0.25) is 24.6 Å². The minimum absolute atomic E-state index is 0.202. The highest BCUT2D eigenvalue weighted by atomic mass is 19.1. The molecule has 14 heteroatoms. The molecule has 0 aliphatic carbocycles. The van der Waals surface area contributed by atoms with Crippen LogP contribution in [0.4, 0.5) is 15.9 Å². The van der Waals surface area contributed by atoms with Crippen LogP contribution >= 0.6 is 0 Å². The molecule has 272 valence electrons. The third-order valence-corrected chi connectivity index (χ3v) is 6.88. The zero-order valence-corrected chi connectivity index (χ0v) is 29.6. The fourth-order valence-electron chi connectivity index (χ4n) is 4.47. The molecule has 3 rings (SSSR count). The molecule has 51 heavy (non-hydrogen) atoms. The lowest BCUT2D eigenvalue weighted by molar-refractivity contribution is -0.138. The molecule has 1 amide bonds. The zero-order valence-electron chi connectivity index (χ0n) is 29.6. The second-order valence-corrected chi connectivity index (χ2v) is 10.9. The van der Waals surface area contributed by atoms with Gasteiger partial charge in [-0.2, -0.15) is 5.10 Å². The van der Waals surface area contributed by atoms with Crippen molar-refractivity contribution in [2.24, 2.45) is 20.8 Å². The summed E-state index contributed by atoms with van der Waals surface area (Å²) in [6.07, 6.45) is 9.91. The number of carbonyl (C=O) groups excluding carboxylic acids is 2. The van der Waals surface area contributed by atoms with Crippen molar-refractivity contribution < 1.29 is 23.5 Å². The largest absolute Gasteiger partial charge is 0.404 e. The smallest absolute Gasteiger partial charge is 0.211 e.